The maximum Gasteiger partial charge on any atom is 0.132 e. The average molecular weight is 736 g/mol. The van der Waals surface area contributed by atoms with Crippen LogP contribution >= 0.6 is 0 Å². The third kappa shape index (κ3) is 5.62. The fraction of sp³-hybridized carbons (Fsp3) is 0.0370. The van der Waals surface area contributed by atoms with Crippen LogP contribution in [0.5, 0.6) is 11.5 Å². The number of anilines is 3. The van der Waals surface area contributed by atoms with Gasteiger partial charge in [-0.25, -0.2) is 4.39 Å². The van der Waals surface area contributed by atoms with E-state index in [2.05, 4.69) is 175 Å². The van der Waals surface area contributed by atoms with Crippen molar-refractivity contribution >= 4 is 23.1 Å². The maximum absolute atomic E-state index is 13.3. The molecular weight excluding hydrogens is 698 g/mol. The van der Waals surface area contributed by atoms with E-state index < -0.39 is 12.1 Å². The van der Waals surface area contributed by atoms with E-state index in [1.54, 1.807) is 6.08 Å². The molecular formula is C54H38FNO. The second-order valence-corrected chi connectivity index (χ2v) is 14.6. The Hall–Kier alpha value is -7.23. The van der Waals surface area contributed by atoms with Crippen LogP contribution in [0.15, 0.2) is 207 Å². The van der Waals surface area contributed by atoms with Gasteiger partial charge in [-0.3, -0.25) is 0 Å². The Morgan fingerprint density at radius 3 is 1.79 bits per heavy atom. The Bertz CT molecular complexity index is 2800. The summed E-state index contributed by atoms with van der Waals surface area (Å²) in [5, 5.41) is 0. The zero-order valence-electron chi connectivity index (χ0n) is 31.3. The second-order valence-electron chi connectivity index (χ2n) is 14.6. The number of allylic oxidation sites excluding steroid dienone is 2. The smallest absolute Gasteiger partial charge is 0.132 e. The summed E-state index contributed by atoms with van der Waals surface area (Å²) < 4.78 is 20.1. The first-order valence-corrected chi connectivity index (χ1v) is 19.3. The van der Waals surface area contributed by atoms with Gasteiger partial charge in [-0.15, -0.1) is 0 Å². The predicted molar refractivity (Wildman–Crippen MR) is 233 cm³/mol. The molecule has 0 aromatic heterocycles. The number of rotatable bonds is 8. The molecule has 0 fully saturated rings. The number of alkyl halides is 1. The number of halogens is 1. The fourth-order valence-electron chi connectivity index (χ4n) is 8.87. The summed E-state index contributed by atoms with van der Waals surface area (Å²) >= 11 is 0. The molecule has 1 heterocycles. The normalized spacial score (nSPS) is 14.7. The summed E-state index contributed by atoms with van der Waals surface area (Å²) in [4.78, 5) is 2.38. The van der Waals surface area contributed by atoms with E-state index in [9.17, 15) is 4.39 Å². The van der Waals surface area contributed by atoms with Gasteiger partial charge in [0.1, 0.15) is 18.2 Å². The van der Waals surface area contributed by atoms with Crippen LogP contribution in [0.25, 0.3) is 39.5 Å². The number of nitrogens with zero attached hydrogens (tertiary/aromatic N) is 1. The molecule has 1 atom stereocenters. The third-order valence-electron chi connectivity index (χ3n) is 11.4. The predicted octanol–water partition coefficient (Wildman–Crippen LogP) is 14.6. The van der Waals surface area contributed by atoms with Crippen molar-refractivity contribution in [2.75, 3.05) is 4.90 Å². The lowest BCUT2D eigenvalue weighted by molar-refractivity contribution is 0.436. The molecule has 1 aliphatic heterocycles. The van der Waals surface area contributed by atoms with Crippen molar-refractivity contribution in [3.8, 4) is 44.9 Å². The van der Waals surface area contributed by atoms with Gasteiger partial charge in [-0.05, 0) is 92.5 Å². The van der Waals surface area contributed by atoms with Crippen molar-refractivity contribution in [2.24, 2.45) is 0 Å². The van der Waals surface area contributed by atoms with Gasteiger partial charge in [0.25, 0.3) is 0 Å². The lowest BCUT2D eigenvalue weighted by Gasteiger charge is -2.39. The largest absolute Gasteiger partial charge is 0.457 e. The van der Waals surface area contributed by atoms with Gasteiger partial charge in [0.15, 0.2) is 0 Å². The number of hydrogen-bond acceptors (Lipinski definition) is 2. The van der Waals surface area contributed by atoms with Crippen molar-refractivity contribution in [3.63, 3.8) is 0 Å². The summed E-state index contributed by atoms with van der Waals surface area (Å²) in [6, 6.07) is 66.4. The van der Waals surface area contributed by atoms with E-state index in [1.807, 2.05) is 36.4 Å². The molecule has 1 unspecified atom stereocenters. The number of fused-ring (bicyclic) bond motifs is 9. The van der Waals surface area contributed by atoms with Crippen molar-refractivity contribution in [1.82, 2.24) is 0 Å². The molecule has 2 nitrogen and oxygen atoms in total. The number of hydrogen-bond donors (Lipinski definition) is 0. The molecule has 0 amide bonds. The summed E-state index contributed by atoms with van der Waals surface area (Å²) in [6.45, 7) is 3.40. The zero-order chi connectivity index (χ0) is 38.3. The number of benzene rings is 8. The lowest BCUT2D eigenvalue weighted by atomic mass is 9.66. The molecule has 272 valence electrons. The minimum absolute atomic E-state index is 0.471. The van der Waals surface area contributed by atoms with Crippen LogP contribution in [0, 0.1) is 0 Å². The standard InChI is InChI=1S/C54H38FNO/c1-2-3-12-37-23-34-48-52(35-37)57-51-20-10-9-17-47(51)54(48)46-16-8-7-15-45(46)53-49(54)18-11-19-50(53)56(43-30-26-41(27-31-43)39-13-5-4-6-14-39)44-32-28-42(29-33-44)40-24-21-38(36-55)22-25-40/h2-35H,1,36H2/b12-3-. The molecule has 0 bridgehead atoms. The van der Waals surface area contributed by atoms with Gasteiger partial charge >= 0.3 is 0 Å². The summed E-state index contributed by atoms with van der Waals surface area (Å²) in [5.74, 6) is 1.70. The molecule has 1 aliphatic carbocycles. The van der Waals surface area contributed by atoms with Gasteiger partial charge in [0.2, 0.25) is 0 Å². The second kappa shape index (κ2) is 14.1. The summed E-state index contributed by atoms with van der Waals surface area (Å²) in [5.41, 5.74) is 15.8. The topological polar surface area (TPSA) is 12.5 Å². The van der Waals surface area contributed by atoms with Crippen LogP contribution in [0.1, 0.15) is 33.4 Å². The number of ether oxygens (including phenoxy) is 1. The molecule has 57 heavy (non-hydrogen) atoms. The highest BCUT2D eigenvalue weighted by molar-refractivity contribution is 5.98. The Morgan fingerprint density at radius 2 is 1.11 bits per heavy atom. The summed E-state index contributed by atoms with van der Waals surface area (Å²) in [6.07, 6.45) is 5.81. The van der Waals surface area contributed by atoms with Crippen LogP contribution in [-0.2, 0) is 12.1 Å². The van der Waals surface area contributed by atoms with Gasteiger partial charge in [0, 0.05) is 28.1 Å². The van der Waals surface area contributed by atoms with Crippen LogP contribution in [-0.4, -0.2) is 0 Å². The van der Waals surface area contributed by atoms with Crippen LogP contribution in [0.3, 0.4) is 0 Å². The van der Waals surface area contributed by atoms with Gasteiger partial charge in [0.05, 0.1) is 11.1 Å². The van der Waals surface area contributed by atoms with Gasteiger partial charge in [-0.1, -0.05) is 170 Å². The third-order valence-corrected chi connectivity index (χ3v) is 11.4. The highest BCUT2D eigenvalue weighted by Gasteiger charge is 2.52. The van der Waals surface area contributed by atoms with E-state index in [1.165, 1.54) is 27.8 Å². The molecule has 0 N–H and O–H groups in total. The molecule has 0 saturated heterocycles. The van der Waals surface area contributed by atoms with Crippen LogP contribution in [0.4, 0.5) is 21.5 Å². The van der Waals surface area contributed by atoms with E-state index in [0.29, 0.717) is 5.56 Å². The molecule has 8 aromatic rings. The van der Waals surface area contributed by atoms with Crippen LogP contribution in [0.2, 0.25) is 0 Å². The van der Waals surface area contributed by atoms with E-state index in [4.69, 9.17) is 4.74 Å². The average Bonchev–Trinajstić information content (AvgIpc) is 3.57. The lowest BCUT2D eigenvalue weighted by Crippen LogP contribution is -2.32. The number of para-hydroxylation sites is 1. The Morgan fingerprint density at radius 1 is 0.526 bits per heavy atom. The zero-order valence-corrected chi connectivity index (χ0v) is 31.3. The quantitative estimate of drug-likeness (QED) is 0.144. The Labute approximate surface area is 333 Å². The van der Waals surface area contributed by atoms with Crippen LogP contribution < -0.4 is 9.64 Å². The molecule has 2 aliphatic rings. The molecule has 8 aromatic carbocycles. The minimum atomic E-state index is -0.620. The van der Waals surface area contributed by atoms with E-state index in [0.717, 1.165) is 61.9 Å². The van der Waals surface area contributed by atoms with Crippen molar-refractivity contribution < 1.29 is 9.13 Å². The minimum Gasteiger partial charge on any atom is -0.457 e. The molecule has 0 saturated carbocycles. The molecule has 10 rings (SSSR count). The first-order valence-electron chi connectivity index (χ1n) is 19.3. The molecule has 1 spiro atoms. The molecule has 0 radical (unpaired) electrons. The maximum atomic E-state index is 13.3. The van der Waals surface area contributed by atoms with Crippen molar-refractivity contribution in [3.05, 3.63) is 240 Å². The van der Waals surface area contributed by atoms with Crippen molar-refractivity contribution in [1.29, 1.82) is 0 Å². The van der Waals surface area contributed by atoms with Gasteiger partial charge < -0.3 is 9.64 Å². The Balaban J connectivity index is 1.20. The highest BCUT2D eigenvalue weighted by atomic mass is 19.1. The molecule has 3 heteroatoms. The fourth-order valence-corrected chi connectivity index (χ4v) is 8.87. The highest BCUT2D eigenvalue weighted by Crippen LogP contribution is 2.64. The van der Waals surface area contributed by atoms with E-state index in [-0.39, 0.29) is 0 Å². The van der Waals surface area contributed by atoms with Gasteiger partial charge in [-0.2, -0.15) is 0 Å². The first kappa shape index (κ1) is 34.3. The summed E-state index contributed by atoms with van der Waals surface area (Å²) in [7, 11) is 0. The monoisotopic (exact) mass is 735 g/mol. The van der Waals surface area contributed by atoms with Crippen molar-refractivity contribution in [2.45, 2.75) is 12.1 Å². The first-order chi connectivity index (χ1) is 28.2. The SMILES string of the molecule is C=C/C=C\c1ccc2c(c1)Oc1ccccc1C21c2ccccc2-c2c(N(c3ccc(-c4ccccc4)cc3)c3ccc(-c4ccc(CF)cc4)cc3)cccc21. The Kier molecular flexibility index (Phi) is 8.49. The van der Waals surface area contributed by atoms with E-state index >= 15 is 0 Å².